The topological polar surface area (TPSA) is 99.2 Å². The highest BCUT2D eigenvalue weighted by Crippen LogP contribution is 2.23. The molecule has 9 heteroatoms. The minimum absolute atomic E-state index is 0.0556. The number of benzene rings is 2. The number of nitrogens with zero attached hydrogens (tertiary/aromatic N) is 6. The molecule has 9 nitrogen and oxygen atoms in total. The summed E-state index contributed by atoms with van der Waals surface area (Å²) in [5.41, 5.74) is 4.21. The molecule has 3 heterocycles. The van der Waals surface area contributed by atoms with Crippen LogP contribution in [-0.2, 0) is 11.2 Å². The second-order valence-corrected chi connectivity index (χ2v) is 7.73. The van der Waals surface area contributed by atoms with Crippen LogP contribution in [0.2, 0.25) is 0 Å². The van der Waals surface area contributed by atoms with E-state index < -0.39 is 0 Å². The Morgan fingerprint density at radius 2 is 2.03 bits per heavy atom. The van der Waals surface area contributed by atoms with Gasteiger partial charge in [-0.25, -0.2) is 0 Å². The summed E-state index contributed by atoms with van der Waals surface area (Å²) >= 11 is 0. The van der Waals surface area contributed by atoms with E-state index in [1.165, 1.54) is 11.2 Å². The van der Waals surface area contributed by atoms with Crippen LogP contribution in [0, 0.1) is 6.92 Å². The fourth-order valence-corrected chi connectivity index (χ4v) is 3.98. The van der Waals surface area contributed by atoms with Crippen LogP contribution in [0.15, 0.2) is 65.8 Å². The van der Waals surface area contributed by atoms with Gasteiger partial charge in [0, 0.05) is 12.1 Å². The first-order valence-electron chi connectivity index (χ1n) is 10.4. The first-order valence-corrected chi connectivity index (χ1v) is 10.4. The molecule has 1 fully saturated rings. The predicted octanol–water partition coefficient (Wildman–Crippen LogP) is 2.71. The molecule has 32 heavy (non-hydrogen) atoms. The number of rotatable bonds is 5. The van der Waals surface area contributed by atoms with Gasteiger partial charge < -0.3 is 14.2 Å². The van der Waals surface area contributed by atoms with E-state index in [2.05, 4.69) is 20.3 Å². The summed E-state index contributed by atoms with van der Waals surface area (Å²) < 4.78 is 10.6. The molecule has 1 atom stereocenters. The summed E-state index contributed by atoms with van der Waals surface area (Å²) in [4.78, 5) is 21.1. The third-order valence-corrected chi connectivity index (χ3v) is 5.52. The standard InChI is InChI=1S/C23H22N6O3/c1-16-5-6-20(21(11-16)29-25-7-8-26-29)23(30)28-9-10-31-14-19(28)13-17-3-2-4-18(12-17)22-24-15-32-27-22/h2-8,11-12,15,19H,9-10,13-14H2,1H3. The smallest absolute Gasteiger partial charge is 0.256 e. The van der Waals surface area contributed by atoms with Crippen LogP contribution in [0.5, 0.6) is 0 Å². The first kappa shape index (κ1) is 20.1. The van der Waals surface area contributed by atoms with Gasteiger partial charge in [0.25, 0.3) is 5.91 Å². The summed E-state index contributed by atoms with van der Waals surface area (Å²) in [5, 5.41) is 12.4. The first-order chi connectivity index (χ1) is 15.7. The molecule has 1 saturated heterocycles. The molecule has 162 valence electrons. The number of aryl methyl sites for hydroxylation is 1. The van der Waals surface area contributed by atoms with Crippen molar-refractivity contribution >= 4 is 5.91 Å². The molecule has 0 N–H and O–H groups in total. The second-order valence-electron chi connectivity index (χ2n) is 7.73. The summed E-state index contributed by atoms with van der Waals surface area (Å²) in [5.74, 6) is 0.482. The Labute approximate surface area is 184 Å². The highest BCUT2D eigenvalue weighted by Gasteiger charge is 2.30. The fraction of sp³-hybridized carbons (Fsp3) is 0.261. The average molecular weight is 430 g/mol. The van der Waals surface area contributed by atoms with Crippen molar-refractivity contribution in [2.75, 3.05) is 19.8 Å². The Bertz CT molecular complexity index is 1210. The maximum atomic E-state index is 13.7. The van der Waals surface area contributed by atoms with Crippen LogP contribution in [0.25, 0.3) is 17.1 Å². The van der Waals surface area contributed by atoms with Gasteiger partial charge in [-0.1, -0.05) is 29.4 Å². The maximum absolute atomic E-state index is 13.7. The van der Waals surface area contributed by atoms with Crippen LogP contribution >= 0.6 is 0 Å². The normalized spacial score (nSPS) is 16.3. The molecule has 4 aromatic rings. The van der Waals surface area contributed by atoms with E-state index in [0.29, 0.717) is 43.3 Å². The van der Waals surface area contributed by atoms with Gasteiger partial charge in [0.2, 0.25) is 12.2 Å². The van der Waals surface area contributed by atoms with Crippen molar-refractivity contribution in [3.05, 3.63) is 77.9 Å². The summed E-state index contributed by atoms with van der Waals surface area (Å²) in [6.07, 6.45) is 5.17. The van der Waals surface area contributed by atoms with Crippen LogP contribution in [-0.4, -0.2) is 61.7 Å². The van der Waals surface area contributed by atoms with E-state index in [-0.39, 0.29) is 11.9 Å². The SMILES string of the molecule is Cc1ccc(C(=O)N2CCOCC2Cc2cccc(-c3ncon3)c2)c(-n2nccn2)c1. The summed E-state index contributed by atoms with van der Waals surface area (Å²) in [6, 6.07) is 13.6. The van der Waals surface area contributed by atoms with E-state index in [9.17, 15) is 4.79 Å². The van der Waals surface area contributed by atoms with Crippen molar-refractivity contribution in [2.24, 2.45) is 0 Å². The van der Waals surface area contributed by atoms with Gasteiger partial charge in [0.05, 0.1) is 42.9 Å². The van der Waals surface area contributed by atoms with Gasteiger partial charge >= 0.3 is 0 Å². The summed E-state index contributed by atoms with van der Waals surface area (Å²) in [6.45, 7) is 3.48. The minimum atomic E-state index is -0.100. The number of hydrogen-bond acceptors (Lipinski definition) is 7. The third kappa shape index (κ3) is 4.02. The number of hydrogen-bond donors (Lipinski definition) is 0. The van der Waals surface area contributed by atoms with Crippen molar-refractivity contribution in [3.8, 4) is 17.1 Å². The molecule has 0 saturated carbocycles. The van der Waals surface area contributed by atoms with E-state index in [1.807, 2.05) is 54.3 Å². The zero-order valence-corrected chi connectivity index (χ0v) is 17.6. The molecule has 1 amide bonds. The highest BCUT2D eigenvalue weighted by atomic mass is 16.5. The van der Waals surface area contributed by atoms with Gasteiger partial charge in [0.1, 0.15) is 0 Å². The molecule has 2 aromatic carbocycles. The molecule has 5 rings (SSSR count). The van der Waals surface area contributed by atoms with Gasteiger partial charge in [-0.05, 0) is 42.7 Å². The molecule has 1 aliphatic heterocycles. The van der Waals surface area contributed by atoms with Crippen molar-refractivity contribution in [1.82, 2.24) is 30.0 Å². The molecule has 1 unspecified atom stereocenters. The third-order valence-electron chi connectivity index (χ3n) is 5.52. The average Bonchev–Trinajstić information content (AvgIpc) is 3.54. The minimum Gasteiger partial charge on any atom is -0.377 e. The van der Waals surface area contributed by atoms with E-state index >= 15 is 0 Å². The van der Waals surface area contributed by atoms with Gasteiger partial charge in [-0.15, -0.1) is 0 Å². The number of carbonyl (C=O) groups excluding carboxylic acids is 1. The monoisotopic (exact) mass is 430 g/mol. The lowest BCUT2D eigenvalue weighted by Crippen LogP contribution is -2.50. The molecule has 0 aliphatic carbocycles. The Kier molecular flexibility index (Phi) is 5.47. The van der Waals surface area contributed by atoms with Crippen molar-refractivity contribution in [3.63, 3.8) is 0 Å². The van der Waals surface area contributed by atoms with Crippen LogP contribution in [0.3, 0.4) is 0 Å². The summed E-state index contributed by atoms with van der Waals surface area (Å²) in [7, 11) is 0. The zero-order valence-electron chi connectivity index (χ0n) is 17.6. The molecular formula is C23H22N6O3. The lowest BCUT2D eigenvalue weighted by Gasteiger charge is -2.36. The van der Waals surface area contributed by atoms with Crippen molar-refractivity contribution in [1.29, 1.82) is 0 Å². The second kappa shape index (κ2) is 8.72. The van der Waals surface area contributed by atoms with Crippen LogP contribution < -0.4 is 0 Å². The largest absolute Gasteiger partial charge is 0.377 e. The van der Waals surface area contributed by atoms with Crippen molar-refractivity contribution in [2.45, 2.75) is 19.4 Å². The van der Waals surface area contributed by atoms with E-state index in [0.717, 1.165) is 16.7 Å². The Morgan fingerprint density at radius 3 is 2.84 bits per heavy atom. The Hall–Kier alpha value is -3.85. The van der Waals surface area contributed by atoms with Crippen LogP contribution in [0.4, 0.5) is 0 Å². The molecule has 1 aliphatic rings. The lowest BCUT2D eigenvalue weighted by molar-refractivity contribution is -0.00164. The van der Waals surface area contributed by atoms with E-state index in [1.54, 1.807) is 12.4 Å². The van der Waals surface area contributed by atoms with Gasteiger partial charge in [-0.2, -0.15) is 20.0 Å². The number of morpholine rings is 1. The number of carbonyl (C=O) groups is 1. The van der Waals surface area contributed by atoms with E-state index in [4.69, 9.17) is 9.26 Å². The molecule has 2 aromatic heterocycles. The highest BCUT2D eigenvalue weighted by molar-refractivity contribution is 5.98. The predicted molar refractivity (Wildman–Crippen MR) is 115 cm³/mol. The van der Waals surface area contributed by atoms with Gasteiger partial charge in [-0.3, -0.25) is 4.79 Å². The van der Waals surface area contributed by atoms with Crippen LogP contribution in [0.1, 0.15) is 21.5 Å². The zero-order chi connectivity index (χ0) is 21.9. The molecule has 0 bridgehead atoms. The number of amides is 1. The number of aromatic nitrogens is 5. The maximum Gasteiger partial charge on any atom is 0.256 e. The quantitative estimate of drug-likeness (QED) is 0.480. The Morgan fingerprint density at radius 1 is 1.16 bits per heavy atom. The molecular weight excluding hydrogens is 408 g/mol. The lowest BCUT2D eigenvalue weighted by atomic mass is 10.0. The number of ether oxygens (including phenoxy) is 1. The fourth-order valence-electron chi connectivity index (χ4n) is 3.98. The molecule has 0 spiro atoms. The molecule has 0 radical (unpaired) electrons. The van der Waals surface area contributed by atoms with Crippen molar-refractivity contribution < 1.29 is 14.1 Å². The Balaban J connectivity index is 1.42. The van der Waals surface area contributed by atoms with Gasteiger partial charge in [0.15, 0.2) is 0 Å².